The molecule has 0 radical (unpaired) electrons. The lowest BCUT2D eigenvalue weighted by molar-refractivity contribution is 0.575. The molecule has 2 rings (SSSR count). The fraction of sp³-hybridized carbons (Fsp3) is 0.538. The first-order chi connectivity index (χ1) is 7.15. The lowest BCUT2D eigenvalue weighted by atomic mass is 9.91. The molecule has 1 N–H and O–H groups in total. The molecule has 0 saturated carbocycles. The van der Waals surface area contributed by atoms with Gasteiger partial charge in [-0.15, -0.1) is 0 Å². The Labute approximate surface area is 96.7 Å². The van der Waals surface area contributed by atoms with Gasteiger partial charge in [-0.2, -0.15) is 11.8 Å². The molecule has 1 aliphatic rings. The number of benzene rings is 1. The first kappa shape index (κ1) is 11.0. The molecule has 0 saturated heterocycles. The van der Waals surface area contributed by atoms with Gasteiger partial charge in [0, 0.05) is 17.0 Å². The Morgan fingerprint density at radius 3 is 2.60 bits per heavy atom. The van der Waals surface area contributed by atoms with E-state index in [1.165, 1.54) is 16.9 Å². The summed E-state index contributed by atoms with van der Waals surface area (Å²) in [7, 11) is 2.07. The van der Waals surface area contributed by atoms with E-state index in [1.807, 2.05) is 0 Å². The molecule has 0 spiro atoms. The van der Waals surface area contributed by atoms with Crippen LogP contribution in [0.15, 0.2) is 12.1 Å². The second-order valence-corrected chi connectivity index (χ2v) is 5.74. The van der Waals surface area contributed by atoms with Crippen LogP contribution in [-0.4, -0.2) is 12.3 Å². The molecular formula is C13H19NS. The number of hydrogen-bond acceptors (Lipinski definition) is 2. The van der Waals surface area contributed by atoms with Gasteiger partial charge in [-0.1, -0.05) is 19.1 Å². The summed E-state index contributed by atoms with van der Waals surface area (Å²) >= 11 is 2.05. The molecule has 2 atom stereocenters. The van der Waals surface area contributed by atoms with Gasteiger partial charge in [0.15, 0.2) is 0 Å². The SMILES string of the molecule is CNC1c2c(C)ccc(C)c2CSC1C. The summed E-state index contributed by atoms with van der Waals surface area (Å²) in [6.07, 6.45) is 0. The maximum absolute atomic E-state index is 3.46. The van der Waals surface area contributed by atoms with Crippen LogP contribution < -0.4 is 5.32 Å². The maximum atomic E-state index is 3.46. The third-order valence-corrected chi connectivity index (χ3v) is 4.64. The van der Waals surface area contributed by atoms with E-state index in [-0.39, 0.29) is 0 Å². The maximum Gasteiger partial charge on any atom is 0.0441 e. The molecule has 1 aliphatic heterocycles. The van der Waals surface area contributed by atoms with Gasteiger partial charge >= 0.3 is 0 Å². The van der Waals surface area contributed by atoms with Crippen LogP contribution in [0.4, 0.5) is 0 Å². The van der Waals surface area contributed by atoms with Crippen LogP contribution in [-0.2, 0) is 5.75 Å². The van der Waals surface area contributed by atoms with Crippen LogP contribution in [0.3, 0.4) is 0 Å². The molecule has 0 bridgehead atoms. The Hall–Kier alpha value is -0.470. The van der Waals surface area contributed by atoms with Crippen LogP contribution in [0.5, 0.6) is 0 Å². The van der Waals surface area contributed by atoms with E-state index in [9.17, 15) is 0 Å². The Morgan fingerprint density at radius 1 is 1.27 bits per heavy atom. The van der Waals surface area contributed by atoms with Crippen LogP contribution in [0.1, 0.15) is 35.2 Å². The summed E-state index contributed by atoms with van der Waals surface area (Å²) in [5.74, 6) is 1.17. The predicted molar refractivity (Wildman–Crippen MR) is 68.5 cm³/mol. The average molecular weight is 221 g/mol. The monoisotopic (exact) mass is 221 g/mol. The Balaban J connectivity index is 2.56. The molecule has 1 aromatic carbocycles. The van der Waals surface area contributed by atoms with E-state index in [4.69, 9.17) is 0 Å². The molecular weight excluding hydrogens is 202 g/mol. The van der Waals surface area contributed by atoms with Crippen LogP contribution in [0.25, 0.3) is 0 Å². The van der Waals surface area contributed by atoms with E-state index >= 15 is 0 Å². The van der Waals surface area contributed by atoms with Gasteiger partial charge in [0.1, 0.15) is 0 Å². The standard InChI is InChI=1S/C13H19NS/c1-8-5-6-9(2)12-11(8)7-15-10(3)13(12)14-4/h5-6,10,13-14H,7H2,1-4H3. The fourth-order valence-electron chi connectivity index (χ4n) is 2.44. The van der Waals surface area contributed by atoms with Crippen molar-refractivity contribution in [3.05, 3.63) is 34.4 Å². The molecule has 0 aromatic heterocycles. The summed E-state index contributed by atoms with van der Waals surface area (Å²) < 4.78 is 0. The van der Waals surface area contributed by atoms with E-state index < -0.39 is 0 Å². The van der Waals surface area contributed by atoms with E-state index in [0.29, 0.717) is 11.3 Å². The zero-order valence-electron chi connectivity index (χ0n) is 9.92. The summed E-state index contributed by atoms with van der Waals surface area (Å²) in [4.78, 5) is 0. The van der Waals surface area contributed by atoms with Gasteiger partial charge in [0.25, 0.3) is 0 Å². The molecule has 82 valence electrons. The van der Waals surface area contributed by atoms with Gasteiger partial charge in [-0.3, -0.25) is 0 Å². The minimum atomic E-state index is 0.513. The smallest absolute Gasteiger partial charge is 0.0441 e. The molecule has 0 aliphatic carbocycles. The zero-order chi connectivity index (χ0) is 11.0. The second kappa shape index (κ2) is 4.18. The third kappa shape index (κ3) is 1.81. The molecule has 1 aromatic rings. The number of aryl methyl sites for hydroxylation is 2. The van der Waals surface area contributed by atoms with Crippen molar-refractivity contribution in [2.75, 3.05) is 7.05 Å². The van der Waals surface area contributed by atoms with Crippen LogP contribution in [0, 0.1) is 13.8 Å². The van der Waals surface area contributed by atoms with Crippen molar-refractivity contribution in [3.63, 3.8) is 0 Å². The quantitative estimate of drug-likeness (QED) is 0.781. The van der Waals surface area contributed by atoms with Crippen molar-refractivity contribution in [1.29, 1.82) is 0 Å². The van der Waals surface area contributed by atoms with E-state index in [2.05, 4.69) is 57.0 Å². The van der Waals surface area contributed by atoms with E-state index in [0.717, 1.165) is 0 Å². The molecule has 1 heterocycles. The van der Waals surface area contributed by atoms with Crippen LogP contribution in [0.2, 0.25) is 0 Å². The lowest BCUT2D eigenvalue weighted by Crippen LogP contribution is -2.30. The lowest BCUT2D eigenvalue weighted by Gasteiger charge is -2.33. The van der Waals surface area contributed by atoms with Crippen molar-refractivity contribution >= 4 is 11.8 Å². The number of nitrogens with one attached hydrogen (secondary N) is 1. The minimum absolute atomic E-state index is 0.513. The second-order valence-electron chi connectivity index (χ2n) is 4.37. The first-order valence-electron chi connectivity index (χ1n) is 5.53. The largest absolute Gasteiger partial charge is 0.312 e. The Kier molecular flexibility index (Phi) is 3.08. The number of fused-ring (bicyclic) bond motifs is 1. The summed E-state index contributed by atoms with van der Waals surface area (Å²) in [6, 6.07) is 5.01. The summed E-state index contributed by atoms with van der Waals surface area (Å²) in [5.41, 5.74) is 5.97. The highest BCUT2D eigenvalue weighted by molar-refractivity contribution is 7.99. The number of thioether (sulfide) groups is 1. The molecule has 2 unspecified atom stereocenters. The predicted octanol–water partition coefficient (Wildman–Crippen LogP) is 3.20. The highest BCUT2D eigenvalue weighted by Gasteiger charge is 2.27. The normalized spacial score (nSPS) is 25.1. The highest BCUT2D eigenvalue weighted by atomic mass is 32.2. The molecule has 2 heteroatoms. The number of rotatable bonds is 1. The fourth-order valence-corrected chi connectivity index (χ4v) is 3.72. The van der Waals surface area contributed by atoms with Gasteiger partial charge in [-0.25, -0.2) is 0 Å². The first-order valence-corrected chi connectivity index (χ1v) is 6.58. The van der Waals surface area contributed by atoms with Gasteiger partial charge in [0.05, 0.1) is 0 Å². The molecule has 0 fully saturated rings. The van der Waals surface area contributed by atoms with Gasteiger partial charge < -0.3 is 5.32 Å². The van der Waals surface area contributed by atoms with Crippen LogP contribution >= 0.6 is 11.8 Å². The van der Waals surface area contributed by atoms with Crippen molar-refractivity contribution < 1.29 is 0 Å². The van der Waals surface area contributed by atoms with Crippen molar-refractivity contribution in [1.82, 2.24) is 5.32 Å². The van der Waals surface area contributed by atoms with Gasteiger partial charge in [-0.05, 0) is 43.1 Å². The minimum Gasteiger partial charge on any atom is -0.312 e. The van der Waals surface area contributed by atoms with Crippen molar-refractivity contribution in [2.45, 2.75) is 37.8 Å². The van der Waals surface area contributed by atoms with Gasteiger partial charge in [0.2, 0.25) is 0 Å². The van der Waals surface area contributed by atoms with Crippen molar-refractivity contribution in [3.8, 4) is 0 Å². The van der Waals surface area contributed by atoms with E-state index in [1.54, 1.807) is 11.1 Å². The topological polar surface area (TPSA) is 12.0 Å². The third-order valence-electron chi connectivity index (χ3n) is 3.39. The Morgan fingerprint density at radius 2 is 1.93 bits per heavy atom. The average Bonchev–Trinajstić information content (AvgIpc) is 2.23. The van der Waals surface area contributed by atoms with Crippen molar-refractivity contribution in [2.24, 2.45) is 0 Å². The molecule has 1 nitrogen and oxygen atoms in total. The Bertz CT molecular complexity index is 373. The molecule has 15 heavy (non-hydrogen) atoms. The summed E-state index contributed by atoms with van der Waals surface area (Å²) in [5, 5.41) is 4.13. The zero-order valence-corrected chi connectivity index (χ0v) is 10.7. The summed E-state index contributed by atoms with van der Waals surface area (Å²) in [6.45, 7) is 6.77. The number of hydrogen-bond donors (Lipinski definition) is 1. The highest BCUT2D eigenvalue weighted by Crippen LogP contribution is 2.40. The molecule has 0 amide bonds.